The lowest BCUT2D eigenvalue weighted by atomic mass is 10.1. The van der Waals surface area contributed by atoms with E-state index in [0.717, 1.165) is 0 Å². The van der Waals surface area contributed by atoms with Crippen LogP contribution in [0.2, 0.25) is 5.02 Å². The minimum absolute atomic E-state index is 0.00117. The van der Waals surface area contributed by atoms with Gasteiger partial charge in [0, 0.05) is 5.56 Å². The van der Waals surface area contributed by atoms with Gasteiger partial charge in [-0.15, -0.1) is 0 Å². The monoisotopic (exact) mass is 266 g/mol. The SMILES string of the molecule is O=C(O)c1cc(-c2ccc3c(c2Cl)OCO3)n[nH]1. The first kappa shape index (κ1) is 10.9. The minimum Gasteiger partial charge on any atom is -0.477 e. The number of nitrogens with one attached hydrogen (secondary N) is 1. The normalized spacial score (nSPS) is 12.7. The topological polar surface area (TPSA) is 84.4 Å². The van der Waals surface area contributed by atoms with Crippen molar-refractivity contribution in [2.24, 2.45) is 0 Å². The van der Waals surface area contributed by atoms with Gasteiger partial charge in [-0.05, 0) is 18.2 Å². The highest BCUT2D eigenvalue weighted by atomic mass is 35.5. The summed E-state index contributed by atoms with van der Waals surface area (Å²) in [6, 6.07) is 4.82. The number of aromatic amines is 1. The molecule has 0 saturated carbocycles. The van der Waals surface area contributed by atoms with Crippen molar-refractivity contribution in [3.63, 3.8) is 0 Å². The summed E-state index contributed by atoms with van der Waals surface area (Å²) in [5, 5.41) is 15.5. The molecule has 18 heavy (non-hydrogen) atoms. The molecular formula is C11H7ClN2O4. The average molecular weight is 267 g/mol. The fourth-order valence-electron chi connectivity index (χ4n) is 1.71. The fourth-order valence-corrected chi connectivity index (χ4v) is 2.01. The second kappa shape index (κ2) is 3.92. The third-order valence-corrected chi connectivity index (χ3v) is 2.94. The summed E-state index contributed by atoms with van der Waals surface area (Å²) in [5.41, 5.74) is 1.03. The zero-order chi connectivity index (χ0) is 12.7. The van der Waals surface area contributed by atoms with Crippen LogP contribution in [0.3, 0.4) is 0 Å². The molecule has 0 atom stereocenters. The van der Waals surface area contributed by atoms with Gasteiger partial charge in [0.05, 0.1) is 10.7 Å². The largest absolute Gasteiger partial charge is 0.477 e. The van der Waals surface area contributed by atoms with E-state index < -0.39 is 5.97 Å². The van der Waals surface area contributed by atoms with Crippen molar-refractivity contribution in [3.05, 3.63) is 28.9 Å². The van der Waals surface area contributed by atoms with Crippen LogP contribution in [-0.2, 0) is 0 Å². The first-order valence-electron chi connectivity index (χ1n) is 5.04. The standard InChI is InChI=1S/C11H7ClN2O4/c12-9-5(1-2-8-10(9)18-4-17-8)6-3-7(11(15)16)14-13-6/h1-3H,4H2,(H,13,14)(H,15,16). The van der Waals surface area contributed by atoms with Crippen molar-refractivity contribution in [3.8, 4) is 22.8 Å². The molecule has 0 spiro atoms. The Morgan fingerprint density at radius 3 is 3.00 bits per heavy atom. The zero-order valence-corrected chi connectivity index (χ0v) is 9.69. The Hall–Kier alpha value is -2.21. The molecule has 1 aliphatic rings. The molecule has 0 bridgehead atoms. The van der Waals surface area contributed by atoms with Crippen LogP contribution < -0.4 is 9.47 Å². The van der Waals surface area contributed by atoms with E-state index in [1.165, 1.54) is 6.07 Å². The van der Waals surface area contributed by atoms with Gasteiger partial charge in [-0.3, -0.25) is 5.10 Å². The molecule has 1 aromatic heterocycles. The number of rotatable bonds is 2. The van der Waals surface area contributed by atoms with Gasteiger partial charge in [-0.25, -0.2) is 4.79 Å². The summed E-state index contributed by atoms with van der Waals surface area (Å²) in [7, 11) is 0. The van der Waals surface area contributed by atoms with Gasteiger partial charge in [0.2, 0.25) is 6.79 Å². The van der Waals surface area contributed by atoms with Crippen molar-refractivity contribution in [2.75, 3.05) is 6.79 Å². The van der Waals surface area contributed by atoms with Crippen LogP contribution in [0.5, 0.6) is 11.5 Å². The number of ether oxygens (including phenoxy) is 2. The predicted octanol–water partition coefficient (Wildman–Crippen LogP) is 2.16. The summed E-state index contributed by atoms with van der Waals surface area (Å²) >= 11 is 6.17. The molecule has 2 aromatic rings. The van der Waals surface area contributed by atoms with Gasteiger partial charge in [-0.1, -0.05) is 11.6 Å². The minimum atomic E-state index is -1.08. The summed E-state index contributed by atoms with van der Waals surface area (Å²) in [6.07, 6.45) is 0. The van der Waals surface area contributed by atoms with E-state index in [2.05, 4.69) is 10.2 Å². The van der Waals surface area contributed by atoms with Crippen LogP contribution in [0.1, 0.15) is 10.5 Å². The lowest BCUT2D eigenvalue weighted by molar-refractivity contribution is 0.0690. The highest BCUT2D eigenvalue weighted by molar-refractivity contribution is 6.35. The summed E-state index contributed by atoms with van der Waals surface area (Å²) in [6.45, 7) is 0.124. The lowest BCUT2D eigenvalue weighted by Crippen LogP contribution is -1.95. The van der Waals surface area contributed by atoms with E-state index >= 15 is 0 Å². The van der Waals surface area contributed by atoms with E-state index in [1.54, 1.807) is 12.1 Å². The number of aromatic carboxylic acids is 1. The number of nitrogens with zero attached hydrogens (tertiary/aromatic N) is 1. The van der Waals surface area contributed by atoms with Crippen LogP contribution in [0.15, 0.2) is 18.2 Å². The molecular weight excluding hydrogens is 260 g/mol. The average Bonchev–Trinajstić information content (AvgIpc) is 2.97. The molecule has 0 saturated heterocycles. The third-order valence-electron chi connectivity index (χ3n) is 2.56. The number of aromatic nitrogens is 2. The number of halogens is 1. The molecule has 6 nitrogen and oxygen atoms in total. The van der Waals surface area contributed by atoms with E-state index in [9.17, 15) is 4.79 Å². The van der Waals surface area contributed by atoms with Gasteiger partial charge in [0.1, 0.15) is 5.69 Å². The van der Waals surface area contributed by atoms with Crippen LogP contribution in [0.25, 0.3) is 11.3 Å². The van der Waals surface area contributed by atoms with Gasteiger partial charge >= 0.3 is 5.97 Å². The van der Waals surface area contributed by atoms with E-state index in [4.69, 9.17) is 26.2 Å². The third kappa shape index (κ3) is 1.58. The number of benzene rings is 1. The molecule has 2 N–H and O–H groups in total. The predicted molar refractivity (Wildman–Crippen MR) is 62.1 cm³/mol. The number of carboxylic acid groups (broad SMARTS) is 1. The maximum atomic E-state index is 10.8. The molecule has 1 aromatic carbocycles. The van der Waals surface area contributed by atoms with Crippen LogP contribution in [-0.4, -0.2) is 28.1 Å². The summed E-state index contributed by atoms with van der Waals surface area (Å²) < 4.78 is 10.4. The van der Waals surface area contributed by atoms with Gasteiger partial charge in [0.15, 0.2) is 11.5 Å². The number of carbonyl (C=O) groups is 1. The molecule has 7 heteroatoms. The van der Waals surface area contributed by atoms with Crippen molar-refractivity contribution in [1.29, 1.82) is 0 Å². The first-order chi connectivity index (χ1) is 8.66. The second-order valence-corrected chi connectivity index (χ2v) is 4.01. The molecule has 92 valence electrons. The first-order valence-corrected chi connectivity index (χ1v) is 5.42. The summed E-state index contributed by atoms with van der Waals surface area (Å²) in [4.78, 5) is 10.8. The van der Waals surface area contributed by atoms with Crippen molar-refractivity contribution in [2.45, 2.75) is 0 Å². The maximum Gasteiger partial charge on any atom is 0.353 e. The number of H-pyrrole nitrogens is 1. The van der Waals surface area contributed by atoms with Gasteiger partial charge in [-0.2, -0.15) is 5.10 Å². The van der Waals surface area contributed by atoms with Crippen LogP contribution in [0, 0.1) is 0 Å². The lowest BCUT2D eigenvalue weighted by Gasteiger charge is -2.03. The molecule has 1 aliphatic heterocycles. The number of hydrogen-bond donors (Lipinski definition) is 2. The Labute approximate surface area is 106 Å². The van der Waals surface area contributed by atoms with Gasteiger partial charge < -0.3 is 14.6 Å². The molecule has 3 rings (SSSR count). The van der Waals surface area contributed by atoms with Crippen molar-refractivity contribution < 1.29 is 19.4 Å². The number of hydrogen-bond acceptors (Lipinski definition) is 4. The molecule has 0 aliphatic carbocycles. The summed E-state index contributed by atoms with van der Waals surface area (Å²) in [5.74, 6) is -0.0580. The van der Waals surface area contributed by atoms with Crippen molar-refractivity contribution >= 4 is 17.6 Å². The van der Waals surface area contributed by atoms with E-state index in [0.29, 0.717) is 27.8 Å². The number of fused-ring (bicyclic) bond motifs is 1. The molecule has 0 fully saturated rings. The Morgan fingerprint density at radius 1 is 1.44 bits per heavy atom. The van der Waals surface area contributed by atoms with Gasteiger partial charge in [0.25, 0.3) is 0 Å². The highest BCUT2D eigenvalue weighted by Crippen LogP contribution is 2.43. The van der Waals surface area contributed by atoms with Crippen molar-refractivity contribution in [1.82, 2.24) is 10.2 Å². The molecule has 0 amide bonds. The quantitative estimate of drug-likeness (QED) is 0.870. The van der Waals surface area contributed by atoms with Crippen LogP contribution in [0.4, 0.5) is 0 Å². The Morgan fingerprint density at radius 2 is 2.28 bits per heavy atom. The molecule has 0 unspecified atom stereocenters. The van der Waals surface area contributed by atoms with E-state index in [-0.39, 0.29) is 12.5 Å². The maximum absolute atomic E-state index is 10.8. The molecule has 0 radical (unpaired) electrons. The smallest absolute Gasteiger partial charge is 0.353 e. The Kier molecular flexibility index (Phi) is 2.38. The number of carboxylic acids is 1. The fraction of sp³-hybridized carbons (Fsp3) is 0.0909. The zero-order valence-electron chi connectivity index (χ0n) is 8.94. The highest BCUT2D eigenvalue weighted by Gasteiger charge is 2.21. The Balaban J connectivity index is 2.09. The van der Waals surface area contributed by atoms with Crippen LogP contribution >= 0.6 is 11.6 Å². The Bertz CT molecular complexity index is 638. The van der Waals surface area contributed by atoms with E-state index in [1.807, 2.05) is 0 Å². The second-order valence-electron chi connectivity index (χ2n) is 3.63. The molecule has 2 heterocycles.